The number of unbranched alkanes of at least 4 members (excludes halogenated alkanes) is 3. The van der Waals surface area contributed by atoms with Gasteiger partial charge in [0, 0.05) is 30.1 Å². The van der Waals surface area contributed by atoms with Crippen LogP contribution in [0.3, 0.4) is 0 Å². The van der Waals surface area contributed by atoms with Crippen molar-refractivity contribution in [2.24, 2.45) is 16.8 Å². The molecule has 0 spiro atoms. The third-order valence-electron chi connectivity index (χ3n) is 10.3. The fraction of sp³-hybridized carbons (Fsp3) is 0.610. The van der Waals surface area contributed by atoms with Crippen LogP contribution in [0.5, 0.6) is 0 Å². The van der Waals surface area contributed by atoms with Crippen molar-refractivity contribution >= 4 is 33.1 Å². The SMILES string of the molecule is CCCCC(CC)CN(CC(CC)CCCC)c1nc(-c2ccc(C)cc2)c(/N=C2/C(C)=C(C#N)C(=O)n3nc(C(CC)CCCC)nc32)s1. The second kappa shape index (κ2) is 19.1. The monoisotopic (exact) mass is 697 g/mol. The van der Waals surface area contributed by atoms with Crippen LogP contribution in [-0.2, 0) is 0 Å². The summed E-state index contributed by atoms with van der Waals surface area (Å²) >= 11 is 1.61. The number of allylic oxidation sites excluding steroid dienone is 2. The van der Waals surface area contributed by atoms with Crippen molar-refractivity contribution in [3.05, 3.63) is 52.6 Å². The number of aryl methyl sites for hydroxylation is 1. The van der Waals surface area contributed by atoms with Gasteiger partial charge in [-0.15, -0.1) is 5.10 Å². The van der Waals surface area contributed by atoms with Crippen molar-refractivity contribution in [1.29, 1.82) is 5.26 Å². The number of nitrogens with zero attached hydrogens (tertiary/aromatic N) is 7. The van der Waals surface area contributed by atoms with E-state index in [1.54, 1.807) is 18.3 Å². The van der Waals surface area contributed by atoms with E-state index < -0.39 is 5.91 Å². The van der Waals surface area contributed by atoms with E-state index in [4.69, 9.17) is 20.1 Å². The van der Waals surface area contributed by atoms with Gasteiger partial charge in [0.05, 0.1) is 0 Å². The zero-order valence-corrected chi connectivity index (χ0v) is 32.7. The van der Waals surface area contributed by atoms with Crippen molar-refractivity contribution in [1.82, 2.24) is 19.7 Å². The summed E-state index contributed by atoms with van der Waals surface area (Å²) < 4.78 is 1.31. The zero-order chi connectivity index (χ0) is 36.2. The number of rotatable bonds is 20. The Hall–Kier alpha value is -3.64. The molecule has 0 amide bonds. The number of thiazole rings is 1. The average Bonchev–Trinajstić information content (AvgIpc) is 3.76. The molecule has 0 saturated carbocycles. The molecule has 0 fully saturated rings. The molecule has 50 heavy (non-hydrogen) atoms. The van der Waals surface area contributed by atoms with Gasteiger partial charge in [-0.2, -0.15) is 9.94 Å². The van der Waals surface area contributed by atoms with E-state index in [9.17, 15) is 10.1 Å². The first-order valence-electron chi connectivity index (χ1n) is 19.3. The minimum absolute atomic E-state index is 0.0565. The van der Waals surface area contributed by atoms with E-state index in [0.29, 0.717) is 34.8 Å². The van der Waals surface area contributed by atoms with Gasteiger partial charge in [0.15, 0.2) is 16.8 Å². The van der Waals surface area contributed by atoms with Gasteiger partial charge in [0.2, 0.25) is 0 Å². The Morgan fingerprint density at radius 3 is 2.00 bits per heavy atom. The van der Waals surface area contributed by atoms with Crippen LogP contribution >= 0.6 is 11.3 Å². The molecule has 9 heteroatoms. The van der Waals surface area contributed by atoms with E-state index in [-0.39, 0.29) is 11.5 Å². The average molecular weight is 698 g/mol. The fourth-order valence-electron chi connectivity index (χ4n) is 6.78. The summed E-state index contributed by atoms with van der Waals surface area (Å²) in [7, 11) is 0. The van der Waals surface area contributed by atoms with Crippen LogP contribution in [-0.4, -0.2) is 44.5 Å². The second-order valence-corrected chi connectivity index (χ2v) is 15.0. The van der Waals surface area contributed by atoms with Gasteiger partial charge < -0.3 is 4.90 Å². The summed E-state index contributed by atoms with van der Waals surface area (Å²) in [4.78, 5) is 31.7. The van der Waals surface area contributed by atoms with Gasteiger partial charge in [-0.1, -0.05) is 134 Å². The summed E-state index contributed by atoms with van der Waals surface area (Å²) in [5, 5.41) is 16.6. The Bertz CT molecular complexity index is 1640. The van der Waals surface area contributed by atoms with E-state index >= 15 is 0 Å². The molecular formula is C41H59N7OS. The molecular weight excluding hydrogens is 639 g/mol. The highest BCUT2D eigenvalue weighted by molar-refractivity contribution is 7.19. The van der Waals surface area contributed by atoms with Crippen molar-refractivity contribution in [2.75, 3.05) is 18.0 Å². The highest BCUT2D eigenvalue weighted by Gasteiger charge is 2.34. The number of hydrogen-bond donors (Lipinski definition) is 0. The normalized spacial score (nSPS) is 15.7. The summed E-state index contributed by atoms with van der Waals surface area (Å²) in [5.74, 6) is 1.93. The molecule has 0 bridgehead atoms. The van der Waals surface area contributed by atoms with Gasteiger partial charge in [-0.25, -0.2) is 15.0 Å². The number of nitriles is 1. The first-order valence-corrected chi connectivity index (χ1v) is 20.1. The van der Waals surface area contributed by atoms with E-state index in [2.05, 4.69) is 83.7 Å². The number of hydrogen-bond acceptors (Lipinski definition) is 8. The van der Waals surface area contributed by atoms with Crippen LogP contribution in [0.25, 0.3) is 11.3 Å². The minimum Gasteiger partial charge on any atom is -0.347 e. The van der Waals surface area contributed by atoms with Crippen molar-refractivity contribution < 1.29 is 4.79 Å². The summed E-state index contributed by atoms with van der Waals surface area (Å²) in [5.41, 5.74) is 4.10. The molecule has 1 aliphatic heterocycles. The Kier molecular flexibility index (Phi) is 15.0. The molecule has 8 nitrogen and oxygen atoms in total. The molecule has 270 valence electrons. The number of anilines is 1. The number of benzene rings is 1. The van der Waals surface area contributed by atoms with E-state index in [0.717, 1.165) is 73.0 Å². The molecule has 3 atom stereocenters. The molecule has 3 unspecified atom stereocenters. The maximum Gasteiger partial charge on any atom is 0.291 e. The fourth-order valence-corrected chi connectivity index (χ4v) is 7.77. The van der Waals surface area contributed by atoms with Crippen molar-refractivity contribution in [3.8, 4) is 17.3 Å². The van der Waals surface area contributed by atoms with Gasteiger partial charge in [0.1, 0.15) is 28.0 Å². The largest absolute Gasteiger partial charge is 0.347 e. The van der Waals surface area contributed by atoms with Crippen LogP contribution in [0.15, 0.2) is 40.4 Å². The van der Waals surface area contributed by atoms with Gasteiger partial charge >= 0.3 is 0 Å². The van der Waals surface area contributed by atoms with E-state index in [1.807, 2.05) is 0 Å². The number of aliphatic imine (C=N–C) groups is 1. The highest BCUT2D eigenvalue weighted by Crippen LogP contribution is 2.42. The third-order valence-corrected chi connectivity index (χ3v) is 11.3. The van der Waals surface area contributed by atoms with Crippen LogP contribution in [0, 0.1) is 30.1 Å². The molecule has 2 aromatic heterocycles. The maximum atomic E-state index is 13.5. The molecule has 0 radical (unpaired) electrons. The summed E-state index contributed by atoms with van der Waals surface area (Å²) in [6, 6.07) is 10.6. The smallest absolute Gasteiger partial charge is 0.291 e. The number of carbonyl (C=O) groups is 1. The Morgan fingerprint density at radius 2 is 1.46 bits per heavy atom. The van der Waals surface area contributed by atoms with Gasteiger partial charge in [-0.3, -0.25) is 4.79 Å². The van der Waals surface area contributed by atoms with Crippen LogP contribution in [0.2, 0.25) is 0 Å². The summed E-state index contributed by atoms with van der Waals surface area (Å²) in [6.45, 7) is 19.3. The van der Waals surface area contributed by atoms with Gasteiger partial charge in [-0.05, 0) is 51.4 Å². The number of fused-ring (bicyclic) bond motifs is 1. The maximum absolute atomic E-state index is 13.5. The molecule has 0 N–H and O–H groups in total. The molecule has 1 aliphatic rings. The number of aromatic nitrogens is 4. The Balaban J connectivity index is 1.90. The molecule has 0 saturated heterocycles. The standard InChI is InChI=1S/C41H59N7OS/c1-9-15-18-30(12-4)26-47(27-31(13-5)19-16-10-2)41-44-36(33-23-21-28(7)22-24-33)39(50-41)43-35-29(8)34(25-42)40(49)48-38(35)45-37(46-48)32(14-6)20-17-11-3/h21-24,30-32H,9-20,26-27H2,1-8H3/b43-35-. The molecule has 4 rings (SSSR count). The first kappa shape index (κ1) is 39.2. The summed E-state index contributed by atoms with van der Waals surface area (Å²) in [6.07, 6.45) is 13.5. The third kappa shape index (κ3) is 9.37. The zero-order valence-electron chi connectivity index (χ0n) is 31.9. The van der Waals surface area contributed by atoms with Crippen LogP contribution in [0.4, 0.5) is 10.1 Å². The quantitative estimate of drug-likeness (QED) is 0.116. The van der Waals surface area contributed by atoms with E-state index in [1.165, 1.54) is 48.8 Å². The lowest BCUT2D eigenvalue weighted by molar-refractivity contribution is 0.0941. The number of carbonyl (C=O) groups excluding carboxylic acids is 1. The predicted molar refractivity (Wildman–Crippen MR) is 209 cm³/mol. The lowest BCUT2D eigenvalue weighted by atomic mass is 9.96. The lowest BCUT2D eigenvalue weighted by Gasteiger charge is -2.30. The molecule has 1 aromatic carbocycles. The van der Waals surface area contributed by atoms with Gasteiger partial charge in [0.25, 0.3) is 5.91 Å². The minimum atomic E-state index is -0.437. The molecule has 3 heterocycles. The molecule has 3 aromatic rings. The first-order chi connectivity index (χ1) is 24.2. The Labute approximate surface area is 305 Å². The predicted octanol–water partition coefficient (Wildman–Crippen LogP) is 11.2. The van der Waals surface area contributed by atoms with Crippen LogP contribution < -0.4 is 4.90 Å². The lowest BCUT2D eigenvalue weighted by Crippen LogP contribution is -2.34. The van der Waals surface area contributed by atoms with Crippen molar-refractivity contribution in [3.63, 3.8) is 0 Å². The topological polar surface area (TPSA) is 100 Å². The molecule has 0 aliphatic carbocycles. The Morgan fingerprint density at radius 1 is 0.860 bits per heavy atom. The van der Waals surface area contributed by atoms with Crippen LogP contribution in [0.1, 0.15) is 153 Å². The highest BCUT2D eigenvalue weighted by atomic mass is 32.1. The second-order valence-electron chi connectivity index (χ2n) is 14.1. The van der Waals surface area contributed by atoms with Crippen molar-refractivity contribution in [2.45, 2.75) is 138 Å².